The summed E-state index contributed by atoms with van der Waals surface area (Å²) in [7, 11) is 0. The van der Waals surface area contributed by atoms with Crippen LogP contribution in [0.3, 0.4) is 0 Å². The molecule has 0 bridgehead atoms. The summed E-state index contributed by atoms with van der Waals surface area (Å²) in [4.78, 5) is 11.2. The molecule has 1 atom stereocenters. The van der Waals surface area contributed by atoms with Crippen molar-refractivity contribution in [3.8, 4) is 0 Å². The fraction of sp³-hybridized carbons (Fsp3) is 0.850. The third-order valence-corrected chi connectivity index (χ3v) is 4.22. The molecule has 2 heteroatoms. The minimum absolute atomic E-state index is 0.256. The molecule has 0 spiro atoms. The molecular weight excluding hydrogens is 272 g/mol. The highest BCUT2D eigenvalue weighted by Gasteiger charge is 2.02. The summed E-state index contributed by atoms with van der Waals surface area (Å²) in [5, 5.41) is 0. The lowest BCUT2D eigenvalue weighted by molar-refractivity contribution is -0.139. The molecule has 0 heterocycles. The van der Waals surface area contributed by atoms with Crippen molar-refractivity contribution < 1.29 is 9.53 Å². The fourth-order valence-corrected chi connectivity index (χ4v) is 2.64. The Hall–Kier alpha value is -0.790. The minimum Gasteiger partial charge on any atom is -0.462 e. The van der Waals surface area contributed by atoms with Crippen LogP contribution in [-0.2, 0) is 9.53 Å². The Morgan fingerprint density at radius 2 is 1.41 bits per heavy atom. The third-order valence-electron chi connectivity index (χ3n) is 4.22. The molecule has 0 aliphatic rings. The van der Waals surface area contributed by atoms with Gasteiger partial charge in [0, 0.05) is 5.57 Å². The first kappa shape index (κ1) is 21.2. The summed E-state index contributed by atoms with van der Waals surface area (Å²) in [6.45, 7) is 10.5. The maximum absolute atomic E-state index is 11.2. The average Bonchev–Trinajstić information content (AvgIpc) is 2.50. The smallest absolute Gasteiger partial charge is 0.333 e. The number of unbranched alkanes of at least 4 members (excludes halogenated alkanes) is 8. The summed E-state index contributed by atoms with van der Waals surface area (Å²) < 4.78 is 5.07. The maximum Gasteiger partial charge on any atom is 0.333 e. The van der Waals surface area contributed by atoms with Crippen molar-refractivity contribution in [1.29, 1.82) is 0 Å². The van der Waals surface area contributed by atoms with Crippen molar-refractivity contribution in [2.24, 2.45) is 5.92 Å². The molecule has 0 saturated heterocycles. The molecule has 2 nitrogen and oxygen atoms in total. The molecule has 0 fully saturated rings. The quantitative estimate of drug-likeness (QED) is 0.197. The monoisotopic (exact) mass is 310 g/mol. The Labute approximate surface area is 138 Å². The predicted molar refractivity (Wildman–Crippen MR) is 96.0 cm³/mol. The van der Waals surface area contributed by atoms with Crippen molar-refractivity contribution in [2.75, 3.05) is 6.61 Å². The zero-order chi connectivity index (χ0) is 16.6. The lowest BCUT2D eigenvalue weighted by atomic mass is 9.97. The number of hydrogen-bond donors (Lipinski definition) is 0. The number of esters is 1. The van der Waals surface area contributed by atoms with E-state index < -0.39 is 0 Å². The topological polar surface area (TPSA) is 26.3 Å². The van der Waals surface area contributed by atoms with Crippen LogP contribution in [0.1, 0.15) is 97.8 Å². The first-order valence-electron chi connectivity index (χ1n) is 9.40. The number of carbonyl (C=O) groups is 1. The average molecular weight is 311 g/mol. The summed E-state index contributed by atoms with van der Waals surface area (Å²) in [6.07, 6.45) is 15.8. The lowest BCUT2D eigenvalue weighted by Gasteiger charge is -2.10. The molecule has 0 amide bonds. The van der Waals surface area contributed by atoms with Gasteiger partial charge in [0.2, 0.25) is 0 Å². The fourth-order valence-electron chi connectivity index (χ4n) is 2.64. The molecule has 0 saturated carbocycles. The summed E-state index contributed by atoms with van der Waals surface area (Å²) in [5.74, 6) is 0.662. The highest BCUT2D eigenvalue weighted by molar-refractivity contribution is 5.86. The summed E-state index contributed by atoms with van der Waals surface area (Å²) in [6, 6.07) is 0. The van der Waals surface area contributed by atoms with Gasteiger partial charge in [0.1, 0.15) is 0 Å². The van der Waals surface area contributed by atoms with Gasteiger partial charge in [-0.15, -0.1) is 0 Å². The molecule has 0 aromatic rings. The SMILES string of the molecule is C=C(C)C(=O)OCCCCCCCCCCC(C)CCCC. The van der Waals surface area contributed by atoms with Gasteiger partial charge in [-0.25, -0.2) is 4.79 Å². The Morgan fingerprint density at radius 3 is 1.95 bits per heavy atom. The highest BCUT2D eigenvalue weighted by Crippen LogP contribution is 2.17. The first-order valence-corrected chi connectivity index (χ1v) is 9.40. The van der Waals surface area contributed by atoms with Gasteiger partial charge in [-0.1, -0.05) is 91.1 Å². The highest BCUT2D eigenvalue weighted by atomic mass is 16.5. The van der Waals surface area contributed by atoms with Gasteiger partial charge < -0.3 is 4.74 Å². The normalized spacial score (nSPS) is 12.1. The van der Waals surface area contributed by atoms with Crippen molar-refractivity contribution in [3.05, 3.63) is 12.2 Å². The van der Waals surface area contributed by atoms with Gasteiger partial charge in [-0.2, -0.15) is 0 Å². The van der Waals surface area contributed by atoms with Crippen molar-refractivity contribution >= 4 is 5.97 Å². The van der Waals surface area contributed by atoms with Gasteiger partial charge in [0.05, 0.1) is 6.61 Å². The molecule has 0 N–H and O–H groups in total. The summed E-state index contributed by atoms with van der Waals surface area (Å²) in [5.41, 5.74) is 0.490. The van der Waals surface area contributed by atoms with E-state index in [4.69, 9.17) is 4.74 Å². The van der Waals surface area contributed by atoms with E-state index in [1.165, 1.54) is 64.2 Å². The van der Waals surface area contributed by atoms with Crippen molar-refractivity contribution in [1.82, 2.24) is 0 Å². The standard InChI is InChI=1S/C20H38O2/c1-5-6-15-19(4)16-13-11-9-7-8-10-12-14-17-22-20(21)18(2)3/h19H,2,5-17H2,1,3-4H3. The molecular formula is C20H38O2. The van der Waals surface area contributed by atoms with Gasteiger partial charge in [0.25, 0.3) is 0 Å². The van der Waals surface area contributed by atoms with Gasteiger partial charge in [0.15, 0.2) is 0 Å². The van der Waals surface area contributed by atoms with E-state index in [0.29, 0.717) is 12.2 Å². The van der Waals surface area contributed by atoms with Crippen LogP contribution in [-0.4, -0.2) is 12.6 Å². The van der Waals surface area contributed by atoms with E-state index in [1.807, 2.05) is 0 Å². The molecule has 0 aliphatic carbocycles. The van der Waals surface area contributed by atoms with Crippen LogP contribution in [0.15, 0.2) is 12.2 Å². The maximum atomic E-state index is 11.2. The number of hydrogen-bond acceptors (Lipinski definition) is 2. The summed E-state index contributed by atoms with van der Waals surface area (Å²) >= 11 is 0. The van der Waals surface area contributed by atoms with E-state index in [9.17, 15) is 4.79 Å². The molecule has 0 radical (unpaired) electrons. The molecule has 0 rings (SSSR count). The van der Waals surface area contributed by atoms with Crippen LogP contribution in [0.4, 0.5) is 0 Å². The van der Waals surface area contributed by atoms with Crippen LogP contribution in [0, 0.1) is 5.92 Å². The van der Waals surface area contributed by atoms with E-state index in [1.54, 1.807) is 6.92 Å². The number of carbonyl (C=O) groups excluding carboxylic acids is 1. The zero-order valence-corrected chi connectivity index (χ0v) is 15.3. The van der Waals surface area contributed by atoms with E-state index in [2.05, 4.69) is 20.4 Å². The largest absolute Gasteiger partial charge is 0.462 e. The lowest BCUT2D eigenvalue weighted by Crippen LogP contribution is -2.05. The minimum atomic E-state index is -0.256. The second-order valence-corrected chi connectivity index (χ2v) is 6.78. The van der Waals surface area contributed by atoms with Crippen LogP contribution in [0.5, 0.6) is 0 Å². The first-order chi connectivity index (χ1) is 10.6. The van der Waals surface area contributed by atoms with Crippen LogP contribution in [0.25, 0.3) is 0 Å². The van der Waals surface area contributed by atoms with Crippen LogP contribution in [0.2, 0.25) is 0 Å². The Morgan fingerprint density at radius 1 is 0.909 bits per heavy atom. The Kier molecular flexibility index (Phi) is 14.6. The molecule has 0 aromatic carbocycles. The number of rotatable bonds is 15. The van der Waals surface area contributed by atoms with Crippen LogP contribution >= 0.6 is 0 Å². The van der Waals surface area contributed by atoms with Gasteiger partial charge in [-0.05, 0) is 19.3 Å². The van der Waals surface area contributed by atoms with Gasteiger partial charge in [-0.3, -0.25) is 0 Å². The number of ether oxygens (including phenoxy) is 1. The molecule has 130 valence electrons. The second-order valence-electron chi connectivity index (χ2n) is 6.78. The molecule has 0 aromatic heterocycles. The van der Waals surface area contributed by atoms with Crippen molar-refractivity contribution in [3.63, 3.8) is 0 Å². The van der Waals surface area contributed by atoms with E-state index in [0.717, 1.165) is 18.8 Å². The second kappa shape index (κ2) is 15.1. The Bertz CT molecular complexity index is 283. The van der Waals surface area contributed by atoms with Gasteiger partial charge >= 0.3 is 5.97 Å². The molecule has 0 aliphatic heterocycles. The zero-order valence-electron chi connectivity index (χ0n) is 15.3. The molecule has 22 heavy (non-hydrogen) atoms. The van der Waals surface area contributed by atoms with Crippen LogP contribution < -0.4 is 0 Å². The Balaban J connectivity index is 3.17. The van der Waals surface area contributed by atoms with E-state index in [-0.39, 0.29) is 5.97 Å². The van der Waals surface area contributed by atoms with Crippen molar-refractivity contribution in [2.45, 2.75) is 97.8 Å². The molecule has 1 unspecified atom stereocenters. The van der Waals surface area contributed by atoms with E-state index >= 15 is 0 Å². The third kappa shape index (κ3) is 14.2. The predicted octanol–water partition coefficient (Wildman–Crippen LogP) is 6.44.